The van der Waals surface area contributed by atoms with E-state index in [-0.39, 0.29) is 5.56 Å². The van der Waals surface area contributed by atoms with Gasteiger partial charge in [0.05, 0.1) is 0 Å². The Hall–Kier alpha value is -0.853. The molecule has 0 saturated heterocycles. The molecule has 0 fully saturated rings. The molecule has 0 amide bonds. The van der Waals surface area contributed by atoms with Crippen molar-refractivity contribution in [2.45, 2.75) is 25.4 Å². The number of halogens is 3. The Morgan fingerprint density at radius 1 is 1.00 bits per heavy atom. The molecule has 0 radical (unpaired) electrons. The molecule has 0 bridgehead atoms. The summed E-state index contributed by atoms with van der Waals surface area (Å²) in [5.74, 6) is -2.90. The molecule has 0 aromatic heterocycles. The minimum atomic E-state index is -2.18. The summed E-state index contributed by atoms with van der Waals surface area (Å²) >= 11 is 0. The maximum absolute atomic E-state index is 13.4. The van der Waals surface area contributed by atoms with Crippen molar-refractivity contribution in [1.29, 1.82) is 0 Å². The van der Waals surface area contributed by atoms with Gasteiger partial charge in [-0.05, 0) is 37.1 Å². The highest BCUT2D eigenvalue weighted by Gasteiger charge is 2.27. The van der Waals surface area contributed by atoms with Gasteiger partial charge in [-0.1, -0.05) is 0 Å². The predicted molar refractivity (Wildman–Crippen MR) is 65.1 cm³/mol. The molecule has 0 aliphatic carbocycles. The number of benzene rings is 1. The van der Waals surface area contributed by atoms with E-state index in [1.54, 1.807) is 14.2 Å². The Balaban J connectivity index is 2.62. The van der Waals surface area contributed by atoms with Gasteiger partial charge in [0.2, 0.25) is 0 Å². The van der Waals surface area contributed by atoms with Crippen LogP contribution >= 0.6 is 0 Å². The smallest absolute Gasteiger partial charge is 0.334 e. The minimum absolute atomic E-state index is 0.178. The lowest BCUT2D eigenvalue weighted by Crippen LogP contribution is -2.35. The molecule has 0 N–H and O–H groups in total. The average Bonchev–Trinajstić information content (AvgIpc) is 2.35. The number of aryl methyl sites for hydroxylation is 1. The van der Waals surface area contributed by atoms with E-state index in [4.69, 9.17) is 8.85 Å². The topological polar surface area (TPSA) is 18.5 Å². The third-order valence-corrected chi connectivity index (χ3v) is 6.02. The third-order valence-electron chi connectivity index (χ3n) is 3.03. The highest BCUT2D eigenvalue weighted by atomic mass is 28.4. The van der Waals surface area contributed by atoms with E-state index in [9.17, 15) is 13.2 Å². The van der Waals surface area contributed by atoms with E-state index >= 15 is 0 Å². The van der Waals surface area contributed by atoms with Crippen LogP contribution in [0.5, 0.6) is 0 Å². The molecule has 6 heteroatoms. The van der Waals surface area contributed by atoms with Gasteiger partial charge in [0.15, 0.2) is 11.6 Å². The fourth-order valence-corrected chi connectivity index (χ4v) is 3.04. The first-order valence-electron chi connectivity index (χ1n) is 5.65. The summed E-state index contributed by atoms with van der Waals surface area (Å²) in [5.41, 5.74) is 0.178. The second-order valence-electron chi connectivity index (χ2n) is 4.25. The molecule has 0 heterocycles. The molecule has 1 aromatic carbocycles. The van der Waals surface area contributed by atoms with E-state index in [1.807, 2.05) is 6.55 Å². The van der Waals surface area contributed by atoms with E-state index in [0.717, 1.165) is 6.07 Å². The average molecular weight is 278 g/mol. The summed E-state index contributed by atoms with van der Waals surface area (Å²) < 4.78 is 49.6. The molecule has 0 aliphatic rings. The molecule has 0 atom stereocenters. The first kappa shape index (κ1) is 15.2. The summed E-state index contributed by atoms with van der Waals surface area (Å²) in [7, 11) is 0.971. The van der Waals surface area contributed by atoms with Gasteiger partial charge < -0.3 is 8.85 Å². The molecule has 2 nitrogen and oxygen atoms in total. The fourth-order valence-electron chi connectivity index (χ4n) is 1.64. The van der Waals surface area contributed by atoms with Gasteiger partial charge in [0, 0.05) is 20.3 Å². The van der Waals surface area contributed by atoms with E-state index in [0.29, 0.717) is 25.0 Å². The van der Waals surface area contributed by atoms with Crippen molar-refractivity contribution in [3.63, 3.8) is 0 Å². The van der Waals surface area contributed by atoms with Gasteiger partial charge in [-0.15, -0.1) is 0 Å². The maximum Gasteiger partial charge on any atom is 0.334 e. The van der Waals surface area contributed by atoms with Crippen LogP contribution in [-0.2, 0) is 15.3 Å². The lowest BCUT2D eigenvalue weighted by Gasteiger charge is -2.22. The molecule has 0 spiro atoms. The molecule has 0 saturated carbocycles. The molecule has 1 aromatic rings. The number of hydrogen-bond donors (Lipinski definition) is 0. The third kappa shape index (κ3) is 3.83. The Labute approximate surface area is 106 Å². The molecule has 1 rings (SSSR count). The van der Waals surface area contributed by atoms with Crippen LogP contribution in [0.15, 0.2) is 12.1 Å². The van der Waals surface area contributed by atoms with E-state index in [2.05, 4.69) is 0 Å². The lowest BCUT2D eigenvalue weighted by atomic mass is 10.1. The zero-order valence-corrected chi connectivity index (χ0v) is 11.7. The highest BCUT2D eigenvalue weighted by molar-refractivity contribution is 6.65. The largest absolute Gasteiger partial charge is 0.398 e. The molecule has 0 aliphatic heterocycles. The van der Waals surface area contributed by atoms with Crippen molar-refractivity contribution in [3.8, 4) is 0 Å². The summed E-state index contributed by atoms with van der Waals surface area (Å²) in [4.78, 5) is 0. The van der Waals surface area contributed by atoms with Crippen molar-refractivity contribution >= 4 is 8.56 Å². The first-order valence-corrected chi connectivity index (χ1v) is 8.18. The van der Waals surface area contributed by atoms with Crippen LogP contribution in [0.4, 0.5) is 13.2 Å². The second kappa shape index (κ2) is 6.35. The Bertz CT molecular complexity index is 409. The summed E-state index contributed by atoms with van der Waals surface area (Å²) in [5, 5.41) is 0. The highest BCUT2D eigenvalue weighted by Crippen LogP contribution is 2.19. The Morgan fingerprint density at radius 2 is 1.56 bits per heavy atom. The zero-order chi connectivity index (χ0) is 13.8. The second-order valence-corrected chi connectivity index (χ2v) is 7.84. The zero-order valence-electron chi connectivity index (χ0n) is 10.7. The summed E-state index contributed by atoms with van der Waals surface area (Å²) in [6, 6.07) is 2.15. The van der Waals surface area contributed by atoms with Gasteiger partial charge in [0.25, 0.3) is 0 Å². The van der Waals surface area contributed by atoms with Gasteiger partial charge in [-0.2, -0.15) is 0 Å². The number of rotatable bonds is 6. The molecule has 102 valence electrons. The van der Waals surface area contributed by atoms with Crippen LogP contribution in [0.2, 0.25) is 12.6 Å². The van der Waals surface area contributed by atoms with Crippen molar-refractivity contribution in [2.24, 2.45) is 0 Å². The van der Waals surface area contributed by atoms with Crippen molar-refractivity contribution < 1.29 is 22.0 Å². The first-order chi connectivity index (χ1) is 8.41. The summed E-state index contributed by atoms with van der Waals surface area (Å²) in [6.45, 7) is 1.90. The van der Waals surface area contributed by atoms with Crippen molar-refractivity contribution in [3.05, 3.63) is 35.1 Å². The van der Waals surface area contributed by atoms with Crippen LogP contribution in [-0.4, -0.2) is 22.8 Å². The maximum atomic E-state index is 13.4. The van der Waals surface area contributed by atoms with Crippen molar-refractivity contribution in [2.75, 3.05) is 14.2 Å². The van der Waals surface area contributed by atoms with Crippen LogP contribution in [0.25, 0.3) is 0 Å². The van der Waals surface area contributed by atoms with E-state index in [1.165, 1.54) is 0 Å². The van der Waals surface area contributed by atoms with Gasteiger partial charge in [0.1, 0.15) is 5.82 Å². The number of hydrogen-bond acceptors (Lipinski definition) is 2. The predicted octanol–water partition coefficient (Wildman–Crippen LogP) is 3.40. The monoisotopic (exact) mass is 278 g/mol. The SMILES string of the molecule is CO[Si](C)(CCCc1cc(F)c(F)cc1F)OC. The van der Waals surface area contributed by atoms with Crippen LogP contribution in [0, 0.1) is 17.5 Å². The van der Waals surface area contributed by atoms with Crippen LogP contribution < -0.4 is 0 Å². The van der Waals surface area contributed by atoms with Crippen LogP contribution in [0.3, 0.4) is 0 Å². The van der Waals surface area contributed by atoms with Crippen molar-refractivity contribution in [1.82, 2.24) is 0 Å². The Kier molecular flexibility index (Phi) is 5.37. The molecular formula is C12H17F3O2Si. The normalized spacial score (nSPS) is 11.9. The van der Waals surface area contributed by atoms with Gasteiger partial charge in [-0.3, -0.25) is 0 Å². The standard InChI is InChI=1S/C12H17F3O2Si/c1-16-18(3,17-2)6-4-5-9-7-11(14)12(15)8-10(9)13/h7-8H,4-6H2,1-3H3. The summed E-state index contributed by atoms with van der Waals surface area (Å²) in [6.07, 6.45) is 0.935. The van der Waals surface area contributed by atoms with Gasteiger partial charge in [-0.25, -0.2) is 13.2 Å². The fraction of sp³-hybridized carbons (Fsp3) is 0.500. The quantitative estimate of drug-likeness (QED) is 0.586. The lowest BCUT2D eigenvalue weighted by molar-refractivity contribution is 0.248. The minimum Gasteiger partial charge on any atom is -0.398 e. The van der Waals surface area contributed by atoms with E-state index < -0.39 is 26.0 Å². The molecular weight excluding hydrogens is 261 g/mol. The van der Waals surface area contributed by atoms with Gasteiger partial charge >= 0.3 is 8.56 Å². The molecule has 18 heavy (non-hydrogen) atoms. The van der Waals surface area contributed by atoms with Crippen LogP contribution in [0.1, 0.15) is 12.0 Å². The molecule has 0 unspecified atom stereocenters. The Morgan fingerprint density at radius 3 is 2.11 bits per heavy atom.